The van der Waals surface area contributed by atoms with E-state index >= 15 is 0 Å². The maximum absolute atomic E-state index is 13.8. The van der Waals surface area contributed by atoms with Crippen molar-refractivity contribution in [2.24, 2.45) is 5.73 Å². The molecule has 2 aromatic carbocycles. The summed E-state index contributed by atoms with van der Waals surface area (Å²) in [5.41, 5.74) is 6.18. The van der Waals surface area contributed by atoms with Gasteiger partial charge in [-0.2, -0.15) is 0 Å². The van der Waals surface area contributed by atoms with Crippen LogP contribution in [0.25, 0.3) is 0 Å². The standard InChI is InChI=1S/C16H12ClFN2O/c17-13-4-1-5-14(10-13)20-16(21)12-7-6-11(3-2-8-19)15(18)9-12/h1,4-7,9-10H,8,19H2,(H,20,21). The number of halogens is 2. The Hall–Kier alpha value is -2.35. The summed E-state index contributed by atoms with van der Waals surface area (Å²) in [6, 6.07) is 10.8. The van der Waals surface area contributed by atoms with Gasteiger partial charge < -0.3 is 11.1 Å². The van der Waals surface area contributed by atoms with Gasteiger partial charge in [-0.05, 0) is 36.4 Å². The van der Waals surface area contributed by atoms with Crippen LogP contribution in [0.4, 0.5) is 10.1 Å². The van der Waals surface area contributed by atoms with Crippen LogP contribution in [0, 0.1) is 17.7 Å². The Bertz CT molecular complexity index is 735. The highest BCUT2D eigenvalue weighted by Gasteiger charge is 2.09. The predicted octanol–water partition coefficient (Wildman–Crippen LogP) is 3.04. The Balaban J connectivity index is 2.18. The number of amides is 1. The number of nitrogens with two attached hydrogens (primary N) is 1. The minimum atomic E-state index is -0.560. The quantitative estimate of drug-likeness (QED) is 0.838. The lowest BCUT2D eigenvalue weighted by molar-refractivity contribution is 0.102. The maximum atomic E-state index is 13.8. The fraction of sp³-hybridized carbons (Fsp3) is 0.0625. The third-order valence-corrected chi connectivity index (χ3v) is 2.87. The van der Waals surface area contributed by atoms with E-state index in [2.05, 4.69) is 17.2 Å². The van der Waals surface area contributed by atoms with E-state index in [-0.39, 0.29) is 17.7 Å². The topological polar surface area (TPSA) is 55.1 Å². The van der Waals surface area contributed by atoms with Crippen molar-refractivity contribution >= 4 is 23.2 Å². The lowest BCUT2D eigenvalue weighted by atomic mass is 10.1. The number of benzene rings is 2. The molecule has 0 bridgehead atoms. The van der Waals surface area contributed by atoms with Crippen LogP contribution < -0.4 is 11.1 Å². The molecule has 106 valence electrons. The molecule has 0 aromatic heterocycles. The molecule has 0 spiro atoms. The van der Waals surface area contributed by atoms with Gasteiger partial charge >= 0.3 is 0 Å². The third-order valence-electron chi connectivity index (χ3n) is 2.64. The molecule has 2 rings (SSSR count). The molecule has 3 N–H and O–H groups in total. The summed E-state index contributed by atoms with van der Waals surface area (Å²) in [6.45, 7) is 0.149. The van der Waals surface area contributed by atoms with Gasteiger partial charge in [0.25, 0.3) is 5.91 Å². The molecular weight excluding hydrogens is 291 g/mol. The molecule has 0 aliphatic heterocycles. The molecular formula is C16H12ClFN2O. The van der Waals surface area contributed by atoms with Gasteiger partial charge in [-0.3, -0.25) is 4.79 Å². The molecule has 0 radical (unpaired) electrons. The molecule has 0 aliphatic rings. The first-order valence-corrected chi connectivity index (χ1v) is 6.53. The summed E-state index contributed by atoms with van der Waals surface area (Å²) >= 11 is 5.83. The molecule has 0 heterocycles. The molecule has 0 saturated heterocycles. The van der Waals surface area contributed by atoms with Crippen LogP contribution in [0.3, 0.4) is 0 Å². The van der Waals surface area contributed by atoms with Crippen LogP contribution in [0.15, 0.2) is 42.5 Å². The highest BCUT2D eigenvalue weighted by atomic mass is 35.5. The Morgan fingerprint density at radius 3 is 2.76 bits per heavy atom. The molecule has 0 fully saturated rings. The van der Waals surface area contributed by atoms with Crippen molar-refractivity contribution < 1.29 is 9.18 Å². The number of anilines is 1. The summed E-state index contributed by atoms with van der Waals surface area (Å²) < 4.78 is 13.8. The van der Waals surface area contributed by atoms with Crippen molar-refractivity contribution in [3.05, 3.63) is 64.4 Å². The van der Waals surface area contributed by atoms with E-state index in [9.17, 15) is 9.18 Å². The molecule has 2 aromatic rings. The molecule has 0 atom stereocenters. The van der Waals surface area contributed by atoms with E-state index in [0.717, 1.165) is 6.07 Å². The van der Waals surface area contributed by atoms with Gasteiger partial charge in [0.05, 0.1) is 12.1 Å². The Labute approximate surface area is 126 Å². The molecule has 1 amide bonds. The van der Waals surface area contributed by atoms with Gasteiger partial charge in [-0.25, -0.2) is 4.39 Å². The fourth-order valence-corrected chi connectivity index (χ4v) is 1.86. The minimum Gasteiger partial charge on any atom is -0.322 e. The molecule has 0 unspecified atom stereocenters. The molecule has 0 aliphatic carbocycles. The van der Waals surface area contributed by atoms with Crippen LogP contribution >= 0.6 is 11.6 Å². The monoisotopic (exact) mass is 302 g/mol. The zero-order chi connectivity index (χ0) is 15.2. The van der Waals surface area contributed by atoms with Crippen molar-refractivity contribution in [2.75, 3.05) is 11.9 Å². The normalized spacial score (nSPS) is 9.67. The second-order valence-electron chi connectivity index (χ2n) is 4.16. The highest BCUT2D eigenvalue weighted by molar-refractivity contribution is 6.30. The second-order valence-corrected chi connectivity index (χ2v) is 4.60. The smallest absolute Gasteiger partial charge is 0.255 e. The summed E-state index contributed by atoms with van der Waals surface area (Å²) in [5, 5.41) is 3.15. The van der Waals surface area contributed by atoms with Crippen LogP contribution in [0.5, 0.6) is 0 Å². The predicted molar refractivity (Wildman–Crippen MR) is 81.7 cm³/mol. The molecule has 3 nitrogen and oxygen atoms in total. The Morgan fingerprint density at radius 2 is 2.10 bits per heavy atom. The second kappa shape index (κ2) is 6.89. The first kappa shape index (κ1) is 15.0. The van der Waals surface area contributed by atoms with Gasteiger partial charge in [0.15, 0.2) is 0 Å². The fourth-order valence-electron chi connectivity index (χ4n) is 1.67. The Kier molecular flexibility index (Phi) is 4.94. The third kappa shape index (κ3) is 4.06. The highest BCUT2D eigenvalue weighted by Crippen LogP contribution is 2.16. The maximum Gasteiger partial charge on any atom is 0.255 e. The zero-order valence-corrected chi connectivity index (χ0v) is 11.7. The summed E-state index contributed by atoms with van der Waals surface area (Å²) in [6.07, 6.45) is 0. The van der Waals surface area contributed by atoms with E-state index < -0.39 is 11.7 Å². The Morgan fingerprint density at radius 1 is 1.29 bits per heavy atom. The van der Waals surface area contributed by atoms with E-state index in [4.69, 9.17) is 17.3 Å². The molecule has 5 heteroatoms. The van der Waals surface area contributed by atoms with Gasteiger partial charge in [0.1, 0.15) is 5.82 Å². The largest absolute Gasteiger partial charge is 0.322 e. The lowest BCUT2D eigenvalue weighted by Crippen LogP contribution is -2.12. The number of hydrogen-bond acceptors (Lipinski definition) is 2. The van der Waals surface area contributed by atoms with Crippen molar-refractivity contribution in [2.45, 2.75) is 0 Å². The van der Waals surface area contributed by atoms with Crippen molar-refractivity contribution in [1.29, 1.82) is 0 Å². The zero-order valence-electron chi connectivity index (χ0n) is 11.0. The summed E-state index contributed by atoms with van der Waals surface area (Å²) in [7, 11) is 0. The van der Waals surface area contributed by atoms with Crippen LogP contribution in [-0.2, 0) is 0 Å². The van der Waals surface area contributed by atoms with Crippen molar-refractivity contribution in [1.82, 2.24) is 0 Å². The first-order valence-electron chi connectivity index (χ1n) is 6.15. The van der Waals surface area contributed by atoms with Crippen LogP contribution in [-0.4, -0.2) is 12.5 Å². The van der Waals surface area contributed by atoms with E-state index in [1.165, 1.54) is 12.1 Å². The van der Waals surface area contributed by atoms with Gasteiger partial charge in [-0.1, -0.05) is 29.5 Å². The first-order chi connectivity index (χ1) is 10.1. The SMILES string of the molecule is NCC#Cc1ccc(C(=O)Nc2cccc(Cl)c2)cc1F. The number of nitrogens with one attached hydrogen (secondary N) is 1. The number of carbonyl (C=O) groups excluding carboxylic acids is 1. The molecule has 21 heavy (non-hydrogen) atoms. The summed E-state index contributed by atoms with van der Waals surface area (Å²) in [5.74, 6) is 4.18. The van der Waals surface area contributed by atoms with E-state index in [0.29, 0.717) is 10.7 Å². The van der Waals surface area contributed by atoms with Crippen molar-refractivity contribution in [3.8, 4) is 11.8 Å². The average Bonchev–Trinajstić information content (AvgIpc) is 2.46. The van der Waals surface area contributed by atoms with Gasteiger partial charge in [0, 0.05) is 16.3 Å². The average molecular weight is 303 g/mol. The van der Waals surface area contributed by atoms with Gasteiger partial charge in [-0.15, -0.1) is 0 Å². The van der Waals surface area contributed by atoms with Gasteiger partial charge in [0.2, 0.25) is 0 Å². The van der Waals surface area contributed by atoms with E-state index in [1.54, 1.807) is 24.3 Å². The molecule has 0 saturated carbocycles. The minimum absolute atomic E-state index is 0.149. The van der Waals surface area contributed by atoms with Crippen LogP contribution in [0.1, 0.15) is 15.9 Å². The number of hydrogen-bond donors (Lipinski definition) is 2. The van der Waals surface area contributed by atoms with Crippen molar-refractivity contribution in [3.63, 3.8) is 0 Å². The summed E-state index contributed by atoms with van der Waals surface area (Å²) in [4.78, 5) is 12.0. The number of carbonyl (C=O) groups is 1. The van der Waals surface area contributed by atoms with Crippen LogP contribution in [0.2, 0.25) is 5.02 Å². The number of rotatable bonds is 2. The van der Waals surface area contributed by atoms with E-state index in [1.807, 2.05) is 0 Å². The lowest BCUT2D eigenvalue weighted by Gasteiger charge is -2.06.